The van der Waals surface area contributed by atoms with Crippen molar-refractivity contribution in [1.82, 2.24) is 10.3 Å². The molecule has 0 fully saturated rings. The summed E-state index contributed by atoms with van der Waals surface area (Å²) in [6.45, 7) is 3.45. The number of nitrogens with zero attached hydrogens (tertiary/aromatic N) is 1. The summed E-state index contributed by atoms with van der Waals surface area (Å²) in [7, 11) is 0. The molecule has 3 rings (SSSR count). The van der Waals surface area contributed by atoms with Crippen LogP contribution in [0, 0.1) is 0 Å². The van der Waals surface area contributed by atoms with Gasteiger partial charge in [0.05, 0.1) is 17.3 Å². The number of carbonyl (C=O) groups excluding carboxylic acids is 2. The number of hydrogen-bond donors (Lipinski definition) is 2. The molecule has 2 heterocycles. The van der Waals surface area contributed by atoms with Crippen LogP contribution in [0.25, 0.3) is 11.3 Å². The molecule has 0 saturated carbocycles. The molecule has 1 atom stereocenters. The van der Waals surface area contributed by atoms with E-state index in [1.165, 1.54) is 29.6 Å². The van der Waals surface area contributed by atoms with Gasteiger partial charge < -0.3 is 5.32 Å². The highest BCUT2D eigenvalue weighted by atomic mass is 32.1. The summed E-state index contributed by atoms with van der Waals surface area (Å²) in [6, 6.07) is 9.62. The van der Waals surface area contributed by atoms with Crippen LogP contribution >= 0.6 is 22.7 Å². The number of hydrogen-bond acceptors (Lipinski definition) is 5. The first kappa shape index (κ1) is 17.3. The highest BCUT2D eigenvalue weighted by molar-refractivity contribution is 7.14. The van der Waals surface area contributed by atoms with E-state index in [-0.39, 0.29) is 17.9 Å². The van der Waals surface area contributed by atoms with Gasteiger partial charge in [-0.15, -0.1) is 11.3 Å². The maximum Gasteiger partial charge on any atom is 0.258 e. The van der Waals surface area contributed by atoms with Gasteiger partial charge in [-0.1, -0.05) is 24.3 Å². The highest BCUT2D eigenvalue weighted by Crippen LogP contribution is 2.26. The fraction of sp³-hybridized carbons (Fsp3) is 0.167. The Kier molecular flexibility index (Phi) is 5.25. The molecule has 1 aromatic carbocycles. The number of rotatable bonds is 5. The van der Waals surface area contributed by atoms with Crippen molar-refractivity contribution in [2.45, 2.75) is 19.9 Å². The lowest BCUT2D eigenvalue weighted by molar-refractivity contribution is -0.119. The molecule has 0 aliphatic rings. The Balaban J connectivity index is 1.69. The van der Waals surface area contributed by atoms with Gasteiger partial charge in [-0.2, -0.15) is 11.3 Å². The predicted molar refractivity (Wildman–Crippen MR) is 102 cm³/mol. The molecule has 0 saturated heterocycles. The molecule has 2 N–H and O–H groups in total. The van der Waals surface area contributed by atoms with Crippen LogP contribution in [0.2, 0.25) is 0 Å². The maximum atomic E-state index is 12.1. The van der Waals surface area contributed by atoms with Crippen molar-refractivity contribution in [2.75, 3.05) is 5.32 Å². The van der Waals surface area contributed by atoms with E-state index in [0.717, 1.165) is 16.8 Å². The summed E-state index contributed by atoms with van der Waals surface area (Å²) in [5.74, 6) is -0.205. The first-order chi connectivity index (χ1) is 12.0. The Morgan fingerprint density at radius 1 is 1.12 bits per heavy atom. The normalized spacial score (nSPS) is 11.8. The van der Waals surface area contributed by atoms with Gasteiger partial charge in [-0.3, -0.25) is 14.9 Å². The summed E-state index contributed by atoms with van der Waals surface area (Å²) >= 11 is 2.88. The fourth-order valence-corrected chi connectivity index (χ4v) is 3.71. The molecule has 128 valence electrons. The number of thiophene rings is 1. The van der Waals surface area contributed by atoms with E-state index in [1.807, 2.05) is 41.9 Å². The molecule has 5 nitrogen and oxygen atoms in total. The van der Waals surface area contributed by atoms with Gasteiger partial charge in [-0.25, -0.2) is 4.98 Å². The molecule has 3 aromatic rings. The van der Waals surface area contributed by atoms with Crippen molar-refractivity contribution in [3.63, 3.8) is 0 Å². The van der Waals surface area contributed by atoms with E-state index in [1.54, 1.807) is 11.4 Å². The third-order valence-electron chi connectivity index (χ3n) is 3.63. The second-order valence-corrected chi connectivity index (χ2v) is 7.19. The number of nitrogens with one attached hydrogen (secondary N) is 2. The van der Waals surface area contributed by atoms with Crippen molar-refractivity contribution < 1.29 is 9.59 Å². The Morgan fingerprint density at radius 3 is 2.52 bits per heavy atom. The first-order valence-corrected chi connectivity index (χ1v) is 9.51. The van der Waals surface area contributed by atoms with Crippen molar-refractivity contribution in [2.24, 2.45) is 0 Å². The van der Waals surface area contributed by atoms with Crippen LogP contribution in [-0.2, 0) is 4.79 Å². The summed E-state index contributed by atoms with van der Waals surface area (Å²) in [4.78, 5) is 27.7. The predicted octanol–water partition coefficient (Wildman–Crippen LogP) is 4.32. The van der Waals surface area contributed by atoms with E-state index in [2.05, 4.69) is 15.6 Å². The van der Waals surface area contributed by atoms with Gasteiger partial charge in [0.1, 0.15) is 0 Å². The standard InChI is InChI=1S/C18H17N3O2S2/c1-11(19-12(2)22)13-3-5-14(6-4-13)16-10-25-18(20-16)21-17(23)15-7-8-24-9-15/h3-11H,1-2H3,(H,19,22)(H,20,21,23). The molecule has 2 aromatic heterocycles. The van der Waals surface area contributed by atoms with Gasteiger partial charge >= 0.3 is 0 Å². The molecule has 0 radical (unpaired) electrons. The molecule has 0 aliphatic carbocycles. The molecule has 25 heavy (non-hydrogen) atoms. The maximum absolute atomic E-state index is 12.1. The Morgan fingerprint density at radius 2 is 1.88 bits per heavy atom. The van der Waals surface area contributed by atoms with Crippen molar-refractivity contribution in [1.29, 1.82) is 0 Å². The number of amides is 2. The minimum atomic E-state index is -0.151. The molecule has 0 spiro atoms. The van der Waals surface area contributed by atoms with Crippen molar-refractivity contribution >= 4 is 39.6 Å². The van der Waals surface area contributed by atoms with Crippen LogP contribution in [0.3, 0.4) is 0 Å². The second kappa shape index (κ2) is 7.58. The SMILES string of the molecule is CC(=O)NC(C)c1ccc(-c2csc(NC(=O)c3ccsc3)n2)cc1. The van der Waals surface area contributed by atoms with Gasteiger partial charge in [-0.05, 0) is 23.9 Å². The average molecular weight is 371 g/mol. The number of thiazole rings is 1. The van der Waals surface area contributed by atoms with Crippen LogP contribution in [0.5, 0.6) is 0 Å². The van der Waals surface area contributed by atoms with Crippen molar-refractivity contribution in [3.05, 3.63) is 57.6 Å². The Bertz CT molecular complexity index is 870. The van der Waals surface area contributed by atoms with Crippen LogP contribution in [0.15, 0.2) is 46.5 Å². The van der Waals surface area contributed by atoms with Crippen LogP contribution in [0.1, 0.15) is 35.8 Å². The first-order valence-electron chi connectivity index (χ1n) is 7.69. The quantitative estimate of drug-likeness (QED) is 0.701. The number of benzene rings is 1. The Hall–Kier alpha value is -2.51. The Labute approximate surface area is 153 Å². The second-order valence-electron chi connectivity index (χ2n) is 5.55. The zero-order chi connectivity index (χ0) is 17.8. The van der Waals surface area contributed by atoms with E-state index in [9.17, 15) is 9.59 Å². The third kappa shape index (κ3) is 4.32. The largest absolute Gasteiger partial charge is 0.350 e. The highest BCUT2D eigenvalue weighted by Gasteiger charge is 2.11. The van der Waals surface area contributed by atoms with E-state index in [4.69, 9.17) is 0 Å². The average Bonchev–Trinajstić information content (AvgIpc) is 3.26. The van der Waals surface area contributed by atoms with Crippen molar-refractivity contribution in [3.8, 4) is 11.3 Å². The number of carbonyl (C=O) groups is 2. The zero-order valence-corrected chi connectivity index (χ0v) is 15.4. The lowest BCUT2D eigenvalue weighted by atomic mass is 10.1. The number of aromatic nitrogens is 1. The topological polar surface area (TPSA) is 71.1 Å². The fourth-order valence-electron chi connectivity index (χ4n) is 2.36. The van der Waals surface area contributed by atoms with E-state index in [0.29, 0.717) is 10.7 Å². The van der Waals surface area contributed by atoms with E-state index < -0.39 is 0 Å². The monoisotopic (exact) mass is 371 g/mol. The summed E-state index contributed by atoms with van der Waals surface area (Å²) in [6.07, 6.45) is 0. The van der Waals surface area contributed by atoms with E-state index >= 15 is 0 Å². The molecule has 2 amide bonds. The molecular weight excluding hydrogens is 354 g/mol. The lowest BCUT2D eigenvalue weighted by Gasteiger charge is -2.12. The summed E-state index contributed by atoms with van der Waals surface area (Å²) in [5, 5.41) is 11.8. The minimum absolute atomic E-state index is 0.0394. The van der Waals surface area contributed by atoms with Crippen LogP contribution in [-0.4, -0.2) is 16.8 Å². The molecule has 0 bridgehead atoms. The van der Waals surface area contributed by atoms with Crippen LogP contribution < -0.4 is 10.6 Å². The third-order valence-corrected chi connectivity index (χ3v) is 5.08. The lowest BCUT2D eigenvalue weighted by Crippen LogP contribution is -2.23. The summed E-state index contributed by atoms with van der Waals surface area (Å²) in [5.41, 5.74) is 3.44. The number of anilines is 1. The van der Waals surface area contributed by atoms with Crippen LogP contribution in [0.4, 0.5) is 5.13 Å². The molecule has 7 heteroatoms. The van der Waals surface area contributed by atoms with Gasteiger partial charge in [0.2, 0.25) is 5.91 Å². The van der Waals surface area contributed by atoms with Gasteiger partial charge in [0.25, 0.3) is 5.91 Å². The minimum Gasteiger partial charge on any atom is -0.350 e. The molecule has 0 aliphatic heterocycles. The summed E-state index contributed by atoms with van der Waals surface area (Å²) < 4.78 is 0. The van der Waals surface area contributed by atoms with Gasteiger partial charge in [0.15, 0.2) is 5.13 Å². The smallest absolute Gasteiger partial charge is 0.258 e. The molecular formula is C18H17N3O2S2. The molecule has 1 unspecified atom stereocenters. The zero-order valence-electron chi connectivity index (χ0n) is 13.8. The van der Waals surface area contributed by atoms with Gasteiger partial charge in [0, 0.05) is 23.2 Å².